The average Bonchev–Trinajstić information content (AvgIpc) is 2.62. The van der Waals surface area contributed by atoms with Gasteiger partial charge in [-0.05, 0) is 24.6 Å². The molecule has 0 radical (unpaired) electrons. The quantitative estimate of drug-likeness (QED) is 0.708. The van der Waals surface area contributed by atoms with E-state index in [1.54, 1.807) is 13.2 Å². The molecule has 4 nitrogen and oxygen atoms in total. The molecule has 0 spiro atoms. The van der Waals surface area contributed by atoms with E-state index >= 15 is 0 Å². The van der Waals surface area contributed by atoms with Crippen molar-refractivity contribution in [3.05, 3.63) is 29.5 Å². The number of fused-ring (bicyclic) bond motifs is 1. The van der Waals surface area contributed by atoms with Crippen LogP contribution in [0.1, 0.15) is 15.9 Å². The second kappa shape index (κ2) is 3.14. The van der Waals surface area contributed by atoms with Crippen molar-refractivity contribution in [1.82, 2.24) is 15.5 Å². The lowest BCUT2D eigenvalue weighted by Crippen LogP contribution is -2.18. The number of hydrogen-bond acceptors (Lipinski definition) is 2. The second-order valence-corrected chi connectivity index (χ2v) is 3.23. The summed E-state index contributed by atoms with van der Waals surface area (Å²) in [4.78, 5) is 11.5. The van der Waals surface area contributed by atoms with Crippen LogP contribution in [-0.2, 0) is 0 Å². The SMILES string of the molecule is CNC(=O)c1cc(C)cc2cn[nH]c12. The topological polar surface area (TPSA) is 57.8 Å². The van der Waals surface area contributed by atoms with Gasteiger partial charge in [0, 0.05) is 12.4 Å². The number of rotatable bonds is 1. The molecule has 1 aromatic carbocycles. The summed E-state index contributed by atoms with van der Waals surface area (Å²) in [6.45, 7) is 1.96. The molecular formula is C10H11N3O. The Labute approximate surface area is 81.3 Å². The number of aromatic amines is 1. The average molecular weight is 189 g/mol. The van der Waals surface area contributed by atoms with Gasteiger partial charge in [-0.15, -0.1) is 0 Å². The van der Waals surface area contributed by atoms with Gasteiger partial charge in [0.15, 0.2) is 0 Å². The largest absolute Gasteiger partial charge is 0.355 e. The third kappa shape index (κ3) is 1.25. The van der Waals surface area contributed by atoms with E-state index in [0.29, 0.717) is 5.56 Å². The summed E-state index contributed by atoms with van der Waals surface area (Å²) < 4.78 is 0. The van der Waals surface area contributed by atoms with Crippen molar-refractivity contribution in [1.29, 1.82) is 0 Å². The summed E-state index contributed by atoms with van der Waals surface area (Å²) in [6.07, 6.45) is 1.72. The zero-order valence-electron chi connectivity index (χ0n) is 8.09. The number of nitrogens with one attached hydrogen (secondary N) is 2. The van der Waals surface area contributed by atoms with E-state index in [9.17, 15) is 4.79 Å². The number of amides is 1. The third-order valence-corrected chi connectivity index (χ3v) is 2.16. The minimum Gasteiger partial charge on any atom is -0.355 e. The predicted molar refractivity (Wildman–Crippen MR) is 54.2 cm³/mol. The van der Waals surface area contributed by atoms with Gasteiger partial charge in [-0.25, -0.2) is 0 Å². The fourth-order valence-electron chi connectivity index (χ4n) is 1.52. The van der Waals surface area contributed by atoms with E-state index in [2.05, 4.69) is 15.5 Å². The van der Waals surface area contributed by atoms with Gasteiger partial charge in [0.1, 0.15) is 0 Å². The molecule has 0 aliphatic carbocycles. The van der Waals surface area contributed by atoms with E-state index in [0.717, 1.165) is 16.5 Å². The third-order valence-electron chi connectivity index (χ3n) is 2.16. The molecular weight excluding hydrogens is 178 g/mol. The summed E-state index contributed by atoms with van der Waals surface area (Å²) in [6, 6.07) is 3.84. The van der Waals surface area contributed by atoms with Crippen molar-refractivity contribution in [2.45, 2.75) is 6.92 Å². The van der Waals surface area contributed by atoms with Crippen molar-refractivity contribution in [3.8, 4) is 0 Å². The first-order chi connectivity index (χ1) is 6.72. The van der Waals surface area contributed by atoms with Crippen LogP contribution in [0.25, 0.3) is 10.9 Å². The van der Waals surface area contributed by atoms with Crippen LogP contribution in [-0.4, -0.2) is 23.2 Å². The Balaban J connectivity index is 2.72. The maximum atomic E-state index is 11.5. The fourth-order valence-corrected chi connectivity index (χ4v) is 1.52. The Morgan fingerprint density at radius 1 is 1.50 bits per heavy atom. The molecule has 0 saturated carbocycles. The number of aromatic nitrogens is 2. The Morgan fingerprint density at radius 2 is 2.29 bits per heavy atom. The van der Waals surface area contributed by atoms with Crippen molar-refractivity contribution in [2.75, 3.05) is 7.05 Å². The molecule has 4 heteroatoms. The standard InChI is InChI=1S/C10H11N3O/c1-6-3-7-5-12-13-9(7)8(4-6)10(14)11-2/h3-5H,1-2H3,(H,11,14)(H,12,13). The first kappa shape index (κ1) is 8.74. The molecule has 1 amide bonds. The number of benzene rings is 1. The van der Waals surface area contributed by atoms with E-state index in [1.165, 1.54) is 0 Å². The number of hydrogen-bond donors (Lipinski definition) is 2. The Bertz CT molecular complexity index is 487. The van der Waals surface area contributed by atoms with Crippen LogP contribution in [0.4, 0.5) is 0 Å². The number of carbonyl (C=O) groups is 1. The summed E-state index contributed by atoms with van der Waals surface area (Å²) >= 11 is 0. The van der Waals surface area contributed by atoms with Gasteiger partial charge >= 0.3 is 0 Å². The van der Waals surface area contributed by atoms with Crippen molar-refractivity contribution >= 4 is 16.8 Å². The number of H-pyrrole nitrogens is 1. The highest BCUT2D eigenvalue weighted by Crippen LogP contribution is 2.18. The number of carbonyl (C=O) groups excluding carboxylic acids is 1. The summed E-state index contributed by atoms with van der Waals surface area (Å²) in [7, 11) is 1.62. The molecule has 0 aliphatic rings. The highest BCUT2D eigenvalue weighted by atomic mass is 16.1. The monoisotopic (exact) mass is 189 g/mol. The molecule has 2 N–H and O–H groups in total. The summed E-state index contributed by atoms with van der Waals surface area (Å²) in [5, 5.41) is 10.3. The van der Waals surface area contributed by atoms with E-state index in [-0.39, 0.29) is 5.91 Å². The normalized spacial score (nSPS) is 10.4. The zero-order chi connectivity index (χ0) is 10.1. The van der Waals surface area contributed by atoms with Gasteiger partial charge in [0.05, 0.1) is 17.3 Å². The van der Waals surface area contributed by atoms with Crippen LogP contribution >= 0.6 is 0 Å². The first-order valence-electron chi connectivity index (χ1n) is 4.38. The molecule has 0 atom stereocenters. The number of nitrogens with zero attached hydrogens (tertiary/aromatic N) is 1. The van der Waals surface area contributed by atoms with Crippen LogP contribution in [0.3, 0.4) is 0 Å². The second-order valence-electron chi connectivity index (χ2n) is 3.23. The molecule has 0 fully saturated rings. The lowest BCUT2D eigenvalue weighted by atomic mass is 10.1. The van der Waals surface area contributed by atoms with Crippen molar-refractivity contribution < 1.29 is 4.79 Å². The zero-order valence-corrected chi connectivity index (χ0v) is 8.09. The van der Waals surface area contributed by atoms with Crippen LogP contribution in [0.2, 0.25) is 0 Å². The molecule has 0 saturated heterocycles. The van der Waals surface area contributed by atoms with Gasteiger partial charge in [0.2, 0.25) is 0 Å². The molecule has 0 aliphatic heterocycles. The van der Waals surface area contributed by atoms with Crippen LogP contribution in [0, 0.1) is 6.92 Å². The highest BCUT2D eigenvalue weighted by molar-refractivity contribution is 6.05. The molecule has 0 bridgehead atoms. The minimum absolute atomic E-state index is 0.0945. The van der Waals surface area contributed by atoms with Gasteiger partial charge in [-0.2, -0.15) is 5.10 Å². The summed E-state index contributed by atoms with van der Waals surface area (Å²) in [5.41, 5.74) is 2.48. The molecule has 2 rings (SSSR count). The van der Waals surface area contributed by atoms with Gasteiger partial charge in [-0.1, -0.05) is 0 Å². The molecule has 14 heavy (non-hydrogen) atoms. The summed E-state index contributed by atoms with van der Waals surface area (Å²) in [5.74, 6) is -0.0945. The molecule has 2 aromatic rings. The van der Waals surface area contributed by atoms with Gasteiger partial charge < -0.3 is 5.32 Å². The predicted octanol–water partition coefficient (Wildman–Crippen LogP) is 1.23. The van der Waals surface area contributed by atoms with E-state index < -0.39 is 0 Å². The maximum absolute atomic E-state index is 11.5. The molecule has 0 unspecified atom stereocenters. The number of aryl methyl sites for hydroxylation is 1. The smallest absolute Gasteiger partial charge is 0.253 e. The van der Waals surface area contributed by atoms with Crippen molar-refractivity contribution in [2.24, 2.45) is 0 Å². The van der Waals surface area contributed by atoms with Crippen molar-refractivity contribution in [3.63, 3.8) is 0 Å². The Hall–Kier alpha value is -1.84. The highest BCUT2D eigenvalue weighted by Gasteiger charge is 2.10. The molecule has 1 aromatic heterocycles. The lowest BCUT2D eigenvalue weighted by Gasteiger charge is -2.02. The molecule has 1 heterocycles. The van der Waals surface area contributed by atoms with Gasteiger partial charge in [0.25, 0.3) is 5.91 Å². The van der Waals surface area contributed by atoms with Crippen LogP contribution in [0.5, 0.6) is 0 Å². The Morgan fingerprint density at radius 3 is 3.00 bits per heavy atom. The Kier molecular flexibility index (Phi) is 1.96. The van der Waals surface area contributed by atoms with Crippen LogP contribution in [0.15, 0.2) is 18.3 Å². The molecule has 72 valence electrons. The fraction of sp³-hybridized carbons (Fsp3) is 0.200. The lowest BCUT2D eigenvalue weighted by molar-refractivity contribution is 0.0964. The van der Waals surface area contributed by atoms with Gasteiger partial charge in [-0.3, -0.25) is 9.89 Å². The van der Waals surface area contributed by atoms with Crippen LogP contribution < -0.4 is 5.32 Å². The van der Waals surface area contributed by atoms with E-state index in [4.69, 9.17) is 0 Å². The maximum Gasteiger partial charge on any atom is 0.253 e. The first-order valence-corrected chi connectivity index (χ1v) is 4.38. The minimum atomic E-state index is -0.0945. The van der Waals surface area contributed by atoms with E-state index in [1.807, 2.05) is 19.1 Å².